The Kier molecular flexibility index (Phi) is 5.70. The smallest absolute Gasteiger partial charge is 0.308 e. The van der Waals surface area contributed by atoms with Crippen LogP contribution in [-0.2, 0) is 26.0 Å². The van der Waals surface area contributed by atoms with E-state index in [0.717, 1.165) is 16.1 Å². The van der Waals surface area contributed by atoms with Gasteiger partial charge in [-0.25, -0.2) is 27.1 Å². The Morgan fingerprint density at radius 2 is 1.97 bits per heavy atom. The molecule has 172 valence electrons. The second-order valence-corrected chi connectivity index (χ2v) is 10.8. The van der Waals surface area contributed by atoms with Crippen LogP contribution in [-0.4, -0.2) is 55.0 Å². The molecular weight excluding hydrogens is 437 g/mol. The van der Waals surface area contributed by atoms with Crippen molar-refractivity contribution in [3.8, 4) is 11.3 Å². The third-order valence-electron chi connectivity index (χ3n) is 6.08. The van der Waals surface area contributed by atoms with Gasteiger partial charge in [0.05, 0.1) is 30.2 Å². The van der Waals surface area contributed by atoms with Crippen molar-refractivity contribution in [1.29, 1.82) is 0 Å². The maximum Gasteiger partial charge on any atom is 0.308 e. The van der Waals surface area contributed by atoms with Crippen molar-refractivity contribution in [2.24, 2.45) is 0 Å². The quantitative estimate of drug-likeness (QED) is 0.694. The second-order valence-electron chi connectivity index (χ2n) is 8.79. The zero-order valence-electron chi connectivity index (χ0n) is 18.4. The van der Waals surface area contributed by atoms with Crippen molar-refractivity contribution in [2.45, 2.75) is 57.2 Å². The highest BCUT2D eigenvalue weighted by molar-refractivity contribution is 7.92. The number of rotatable bonds is 4. The Labute approximate surface area is 186 Å². The summed E-state index contributed by atoms with van der Waals surface area (Å²) in [5.41, 5.74) is 3.30. The number of anilines is 1. The number of benzene rings is 1. The lowest BCUT2D eigenvalue weighted by molar-refractivity contribution is -0.161. The molecular formula is C22H26FN3O5S. The Hall–Kier alpha value is -2.59. The molecule has 1 N–H and O–H groups in total. The van der Waals surface area contributed by atoms with Gasteiger partial charge >= 0.3 is 5.97 Å². The third kappa shape index (κ3) is 4.09. The van der Waals surface area contributed by atoms with Crippen molar-refractivity contribution < 1.29 is 27.4 Å². The predicted octanol–water partition coefficient (Wildman–Crippen LogP) is 2.51. The number of aliphatic hydroxyl groups is 1. The van der Waals surface area contributed by atoms with E-state index in [1.54, 1.807) is 6.07 Å². The zero-order chi connectivity index (χ0) is 23.4. The van der Waals surface area contributed by atoms with Gasteiger partial charge in [0.15, 0.2) is 0 Å². The fraction of sp³-hybridized carbons (Fsp3) is 0.500. The number of ether oxygens (including phenoxy) is 1. The topological polar surface area (TPSA) is 110 Å². The number of fused-ring (bicyclic) bond motifs is 3. The molecule has 2 heterocycles. The van der Waals surface area contributed by atoms with Crippen LogP contribution in [0.5, 0.6) is 0 Å². The SMILES string of the molecule is CC(C)c1nc(N(C)S(C)(=O)=O)nc2c1C[C@H]([C@H]1C[C@@H](O)CC(=O)O1)c1cc(F)ccc1-2. The minimum absolute atomic E-state index is 0.0411. The highest BCUT2D eigenvalue weighted by Gasteiger charge is 2.39. The average molecular weight is 464 g/mol. The van der Waals surface area contributed by atoms with Crippen molar-refractivity contribution >= 4 is 21.9 Å². The first kappa shape index (κ1) is 22.6. The van der Waals surface area contributed by atoms with Crippen molar-refractivity contribution in [1.82, 2.24) is 9.97 Å². The molecule has 0 radical (unpaired) electrons. The summed E-state index contributed by atoms with van der Waals surface area (Å²) in [7, 11) is -2.20. The molecule has 2 aliphatic rings. The summed E-state index contributed by atoms with van der Waals surface area (Å²) < 4.78 is 45.1. The Morgan fingerprint density at radius 3 is 2.59 bits per heavy atom. The van der Waals surface area contributed by atoms with Gasteiger partial charge in [-0.15, -0.1) is 0 Å². The van der Waals surface area contributed by atoms with Gasteiger partial charge in [0.1, 0.15) is 11.9 Å². The summed E-state index contributed by atoms with van der Waals surface area (Å²) in [6.45, 7) is 3.90. The number of cyclic esters (lactones) is 1. The molecule has 1 aliphatic heterocycles. The Balaban J connectivity index is 1.91. The van der Waals surface area contributed by atoms with E-state index in [1.807, 2.05) is 13.8 Å². The maximum absolute atomic E-state index is 14.3. The zero-order valence-corrected chi connectivity index (χ0v) is 19.2. The average Bonchev–Trinajstić information content (AvgIpc) is 2.70. The Morgan fingerprint density at radius 1 is 1.25 bits per heavy atom. The minimum Gasteiger partial charge on any atom is -0.462 e. The van der Waals surface area contributed by atoms with Gasteiger partial charge in [0, 0.05) is 30.5 Å². The molecule has 0 saturated carbocycles. The Bertz CT molecular complexity index is 1180. The molecule has 2 aromatic rings. The fourth-order valence-electron chi connectivity index (χ4n) is 4.45. The first-order chi connectivity index (χ1) is 15.0. The molecule has 1 aromatic heterocycles. The van der Waals surface area contributed by atoms with Crippen LogP contribution in [0.4, 0.5) is 10.3 Å². The lowest BCUT2D eigenvalue weighted by Gasteiger charge is -2.37. The molecule has 1 saturated heterocycles. The number of nitrogens with zero attached hydrogens (tertiary/aromatic N) is 3. The number of aliphatic hydroxyl groups excluding tert-OH is 1. The molecule has 1 aliphatic carbocycles. The number of halogens is 1. The summed E-state index contributed by atoms with van der Waals surface area (Å²) in [6, 6.07) is 4.33. The van der Waals surface area contributed by atoms with Gasteiger partial charge in [-0.2, -0.15) is 0 Å². The summed E-state index contributed by atoms with van der Waals surface area (Å²) in [5.74, 6) is -1.30. The summed E-state index contributed by atoms with van der Waals surface area (Å²) in [5, 5.41) is 10.1. The van der Waals surface area contributed by atoms with E-state index in [4.69, 9.17) is 4.74 Å². The molecule has 32 heavy (non-hydrogen) atoms. The van der Waals surface area contributed by atoms with Gasteiger partial charge in [-0.05, 0) is 36.1 Å². The van der Waals surface area contributed by atoms with Gasteiger partial charge in [0.2, 0.25) is 16.0 Å². The molecule has 0 spiro atoms. The number of carbonyl (C=O) groups is 1. The number of hydrogen-bond acceptors (Lipinski definition) is 7. The van der Waals surface area contributed by atoms with Gasteiger partial charge < -0.3 is 9.84 Å². The van der Waals surface area contributed by atoms with Gasteiger partial charge in [-0.3, -0.25) is 4.79 Å². The van der Waals surface area contributed by atoms with Crippen molar-refractivity contribution in [3.63, 3.8) is 0 Å². The number of hydrogen-bond donors (Lipinski definition) is 1. The summed E-state index contributed by atoms with van der Waals surface area (Å²) >= 11 is 0. The normalized spacial score (nSPS) is 22.8. The largest absolute Gasteiger partial charge is 0.462 e. The minimum atomic E-state index is -3.59. The monoisotopic (exact) mass is 463 g/mol. The predicted molar refractivity (Wildman–Crippen MR) is 116 cm³/mol. The molecule has 4 rings (SSSR count). The molecule has 0 bridgehead atoms. The lowest BCUT2D eigenvalue weighted by Crippen LogP contribution is -2.38. The van der Waals surface area contributed by atoms with E-state index in [2.05, 4.69) is 9.97 Å². The van der Waals surface area contributed by atoms with Crippen LogP contribution in [0.1, 0.15) is 55.3 Å². The van der Waals surface area contributed by atoms with E-state index < -0.39 is 34.0 Å². The van der Waals surface area contributed by atoms with Crippen molar-refractivity contribution in [3.05, 3.63) is 40.8 Å². The fourth-order valence-corrected chi connectivity index (χ4v) is 4.83. The standard InChI is InChI=1S/C22H26FN3O5S/c1-11(2)20-17-10-16(18-8-13(27)9-19(28)31-18)15-7-12(23)5-6-14(15)21(17)25-22(24-20)26(3)32(4,29)30/h5-7,11,13,16,18,27H,8-10H2,1-4H3/t13-,16+,18-/m1/s1. The second kappa shape index (κ2) is 8.08. The third-order valence-corrected chi connectivity index (χ3v) is 7.24. The number of aromatic nitrogens is 2. The van der Waals surface area contributed by atoms with Crippen molar-refractivity contribution in [2.75, 3.05) is 17.6 Å². The molecule has 1 aromatic carbocycles. The summed E-state index contributed by atoms with van der Waals surface area (Å²) in [4.78, 5) is 21.1. The van der Waals surface area contributed by atoms with E-state index in [1.165, 1.54) is 19.2 Å². The number of esters is 1. The van der Waals surface area contributed by atoms with E-state index in [0.29, 0.717) is 28.9 Å². The molecule has 1 fully saturated rings. The van der Waals surface area contributed by atoms with E-state index in [-0.39, 0.29) is 30.6 Å². The summed E-state index contributed by atoms with van der Waals surface area (Å²) in [6.07, 6.45) is 0.232. The maximum atomic E-state index is 14.3. The number of sulfonamides is 1. The number of carbonyl (C=O) groups excluding carboxylic acids is 1. The van der Waals surface area contributed by atoms with E-state index >= 15 is 0 Å². The van der Waals surface area contributed by atoms with Crippen LogP contribution in [0, 0.1) is 5.82 Å². The van der Waals surface area contributed by atoms with Crippen LogP contribution < -0.4 is 4.31 Å². The van der Waals surface area contributed by atoms with Gasteiger partial charge in [0.25, 0.3) is 0 Å². The van der Waals surface area contributed by atoms with Crippen LogP contribution in [0.15, 0.2) is 18.2 Å². The first-order valence-corrected chi connectivity index (χ1v) is 12.3. The van der Waals surface area contributed by atoms with Crippen LogP contribution >= 0.6 is 0 Å². The van der Waals surface area contributed by atoms with Crippen LogP contribution in [0.25, 0.3) is 11.3 Å². The lowest BCUT2D eigenvalue weighted by atomic mass is 9.75. The molecule has 0 unspecified atom stereocenters. The molecule has 0 amide bonds. The molecule has 10 heteroatoms. The highest BCUT2D eigenvalue weighted by Crippen LogP contribution is 2.45. The highest BCUT2D eigenvalue weighted by atomic mass is 32.2. The van der Waals surface area contributed by atoms with Gasteiger partial charge in [-0.1, -0.05) is 13.8 Å². The molecule has 3 atom stereocenters. The van der Waals surface area contributed by atoms with E-state index in [9.17, 15) is 22.7 Å². The molecule has 8 nitrogen and oxygen atoms in total. The first-order valence-electron chi connectivity index (χ1n) is 10.5. The van der Waals surface area contributed by atoms with Crippen LogP contribution in [0.3, 0.4) is 0 Å². The van der Waals surface area contributed by atoms with Crippen LogP contribution in [0.2, 0.25) is 0 Å².